The SMILES string of the molecule is C.Cc1ccc(N2CCN(CCS(=O)(=O)N3CCC(Nc4ccc([N+](=O)[O-])c(C(F)(F)F)c4)CC3)CC2)cc1. The first-order chi connectivity index (χ1) is 17.9. The van der Waals surface area contributed by atoms with E-state index in [1.54, 1.807) is 0 Å². The summed E-state index contributed by atoms with van der Waals surface area (Å²) in [5.74, 6) is 0.0208. The van der Waals surface area contributed by atoms with Crippen LogP contribution in [0.2, 0.25) is 0 Å². The quantitative estimate of drug-likeness (QED) is 0.366. The van der Waals surface area contributed by atoms with Gasteiger partial charge in [0.15, 0.2) is 0 Å². The molecular weight excluding hydrogens is 535 g/mol. The number of aryl methyl sites for hydroxylation is 1. The van der Waals surface area contributed by atoms with Crippen molar-refractivity contribution in [1.29, 1.82) is 0 Å². The minimum absolute atomic E-state index is 0. The first-order valence-corrected chi connectivity index (χ1v) is 14.2. The van der Waals surface area contributed by atoms with Gasteiger partial charge in [0.05, 0.1) is 10.7 Å². The highest BCUT2D eigenvalue weighted by Crippen LogP contribution is 2.38. The van der Waals surface area contributed by atoms with Gasteiger partial charge in [-0.2, -0.15) is 13.2 Å². The van der Waals surface area contributed by atoms with E-state index in [9.17, 15) is 31.7 Å². The molecule has 0 spiro atoms. The summed E-state index contributed by atoms with van der Waals surface area (Å²) in [5.41, 5.74) is 0.184. The number of sulfonamides is 1. The fourth-order valence-electron chi connectivity index (χ4n) is 4.88. The van der Waals surface area contributed by atoms with E-state index in [-0.39, 0.29) is 38.0 Å². The monoisotopic (exact) mass is 571 g/mol. The van der Waals surface area contributed by atoms with E-state index < -0.39 is 32.4 Å². The predicted octanol–water partition coefficient (Wildman–Crippen LogP) is 4.59. The third kappa shape index (κ3) is 7.83. The topological polar surface area (TPSA) is 99.0 Å². The molecule has 0 saturated carbocycles. The van der Waals surface area contributed by atoms with Gasteiger partial charge in [0, 0.05) is 69.3 Å². The van der Waals surface area contributed by atoms with Crippen LogP contribution in [0, 0.1) is 17.0 Å². The van der Waals surface area contributed by atoms with Gasteiger partial charge in [-0.05, 0) is 44.0 Å². The second-order valence-corrected chi connectivity index (χ2v) is 11.9. The number of anilines is 2. The van der Waals surface area contributed by atoms with Gasteiger partial charge in [-0.15, -0.1) is 0 Å². The molecule has 0 unspecified atom stereocenters. The van der Waals surface area contributed by atoms with E-state index in [1.807, 2.05) is 6.92 Å². The van der Waals surface area contributed by atoms with Gasteiger partial charge in [0.25, 0.3) is 5.69 Å². The molecule has 0 bridgehead atoms. The van der Waals surface area contributed by atoms with Crippen LogP contribution in [0.4, 0.5) is 30.2 Å². The van der Waals surface area contributed by atoms with E-state index in [2.05, 4.69) is 39.4 Å². The Bertz CT molecular complexity index is 1230. The Kier molecular flexibility index (Phi) is 9.83. The van der Waals surface area contributed by atoms with Crippen molar-refractivity contribution < 1.29 is 26.5 Å². The number of piperazine rings is 1. The Balaban J connectivity index is 0.00000420. The molecule has 1 N–H and O–H groups in total. The normalized spacial score (nSPS) is 18.0. The summed E-state index contributed by atoms with van der Waals surface area (Å²) in [5, 5.41) is 13.9. The Hall–Kier alpha value is -2.90. The highest BCUT2D eigenvalue weighted by Gasteiger charge is 2.38. The van der Waals surface area contributed by atoms with Crippen LogP contribution >= 0.6 is 0 Å². The van der Waals surface area contributed by atoms with Crippen LogP contribution in [0.1, 0.15) is 31.4 Å². The molecule has 2 aromatic carbocycles. The number of nitro groups is 1. The molecule has 2 saturated heterocycles. The molecule has 39 heavy (non-hydrogen) atoms. The van der Waals surface area contributed by atoms with Crippen LogP contribution in [-0.4, -0.2) is 80.2 Å². The number of nitrogens with one attached hydrogen (secondary N) is 1. The molecule has 0 atom stereocenters. The lowest BCUT2D eigenvalue weighted by Gasteiger charge is -2.37. The Labute approximate surface area is 227 Å². The molecule has 216 valence electrons. The number of rotatable bonds is 8. The fourth-order valence-corrected chi connectivity index (χ4v) is 6.40. The molecule has 0 amide bonds. The zero-order valence-corrected chi connectivity index (χ0v) is 22.0. The number of nitro benzene ring substituents is 1. The number of hydrogen-bond donors (Lipinski definition) is 1. The second kappa shape index (κ2) is 12.5. The largest absolute Gasteiger partial charge is 0.423 e. The molecule has 0 aromatic heterocycles. The number of piperidine rings is 1. The Morgan fingerprint density at radius 2 is 1.62 bits per heavy atom. The van der Waals surface area contributed by atoms with Crippen LogP contribution in [-0.2, 0) is 16.2 Å². The standard InChI is InChI=1S/C25H32F3N5O4S.CH4/c1-19-2-5-22(6-3-19)31-14-12-30(13-15-31)16-17-38(36,37)32-10-8-20(9-11-32)29-21-4-7-24(33(34)35)23(18-21)25(26,27)28;/h2-7,18,20,29H,8-17H2,1H3;1H4. The lowest BCUT2D eigenvalue weighted by atomic mass is 10.1. The number of hydrogen-bond acceptors (Lipinski definition) is 7. The van der Waals surface area contributed by atoms with Gasteiger partial charge < -0.3 is 10.2 Å². The van der Waals surface area contributed by atoms with Crippen molar-refractivity contribution in [2.45, 2.75) is 39.4 Å². The fraction of sp³-hybridized carbons (Fsp3) is 0.538. The molecule has 2 aromatic rings. The van der Waals surface area contributed by atoms with Crippen molar-refractivity contribution >= 4 is 27.1 Å². The minimum Gasteiger partial charge on any atom is -0.382 e. The summed E-state index contributed by atoms with van der Waals surface area (Å²) in [6.07, 6.45) is -4.01. The smallest absolute Gasteiger partial charge is 0.382 e. The molecule has 2 aliphatic rings. The third-order valence-electron chi connectivity index (χ3n) is 7.15. The molecule has 4 rings (SSSR count). The Morgan fingerprint density at radius 1 is 1.00 bits per heavy atom. The van der Waals surface area contributed by atoms with Crippen molar-refractivity contribution in [1.82, 2.24) is 9.21 Å². The van der Waals surface area contributed by atoms with Gasteiger partial charge in [-0.3, -0.25) is 15.0 Å². The highest BCUT2D eigenvalue weighted by molar-refractivity contribution is 7.89. The number of alkyl halides is 3. The molecular formula is C26H36F3N5O4S. The zero-order valence-electron chi connectivity index (χ0n) is 21.2. The third-order valence-corrected chi connectivity index (χ3v) is 9.00. The second-order valence-electron chi connectivity index (χ2n) is 9.78. The predicted molar refractivity (Wildman–Crippen MR) is 147 cm³/mol. The summed E-state index contributed by atoms with van der Waals surface area (Å²) in [6.45, 7) is 6.26. The van der Waals surface area contributed by atoms with Crippen molar-refractivity contribution in [2.24, 2.45) is 0 Å². The highest BCUT2D eigenvalue weighted by atomic mass is 32.2. The van der Waals surface area contributed by atoms with Crippen LogP contribution in [0.5, 0.6) is 0 Å². The molecule has 2 aliphatic heterocycles. The van der Waals surface area contributed by atoms with E-state index >= 15 is 0 Å². The minimum atomic E-state index is -4.86. The molecule has 13 heteroatoms. The summed E-state index contributed by atoms with van der Waals surface area (Å²) in [7, 11) is -3.46. The lowest BCUT2D eigenvalue weighted by Crippen LogP contribution is -2.49. The first kappa shape index (κ1) is 30.6. The molecule has 2 heterocycles. The van der Waals surface area contributed by atoms with E-state index in [1.165, 1.54) is 21.6 Å². The van der Waals surface area contributed by atoms with Gasteiger partial charge in [0.2, 0.25) is 10.0 Å². The van der Waals surface area contributed by atoms with Crippen molar-refractivity contribution in [3.05, 3.63) is 63.7 Å². The van der Waals surface area contributed by atoms with Gasteiger partial charge in [-0.25, -0.2) is 12.7 Å². The summed E-state index contributed by atoms with van der Waals surface area (Å²) in [4.78, 5) is 14.4. The maximum absolute atomic E-state index is 13.3. The van der Waals surface area contributed by atoms with E-state index in [4.69, 9.17) is 0 Å². The summed E-state index contributed by atoms with van der Waals surface area (Å²) in [6, 6.07) is 11.0. The number of nitrogens with zero attached hydrogens (tertiary/aromatic N) is 4. The van der Waals surface area contributed by atoms with Crippen LogP contribution < -0.4 is 10.2 Å². The molecule has 0 aliphatic carbocycles. The van der Waals surface area contributed by atoms with Crippen molar-refractivity contribution in [3.63, 3.8) is 0 Å². The number of benzene rings is 2. The average Bonchev–Trinajstić information content (AvgIpc) is 2.88. The van der Waals surface area contributed by atoms with Crippen LogP contribution in [0.3, 0.4) is 0 Å². The van der Waals surface area contributed by atoms with Gasteiger partial charge in [0.1, 0.15) is 5.56 Å². The maximum Gasteiger partial charge on any atom is 0.423 e. The summed E-state index contributed by atoms with van der Waals surface area (Å²) < 4.78 is 67.1. The average molecular weight is 572 g/mol. The first-order valence-electron chi connectivity index (χ1n) is 12.6. The van der Waals surface area contributed by atoms with Gasteiger partial charge >= 0.3 is 6.18 Å². The summed E-state index contributed by atoms with van der Waals surface area (Å²) >= 11 is 0. The lowest BCUT2D eigenvalue weighted by molar-refractivity contribution is -0.388. The Morgan fingerprint density at radius 3 is 2.18 bits per heavy atom. The van der Waals surface area contributed by atoms with Crippen LogP contribution in [0.25, 0.3) is 0 Å². The molecule has 0 radical (unpaired) electrons. The van der Waals surface area contributed by atoms with E-state index in [0.29, 0.717) is 19.4 Å². The number of halogens is 3. The van der Waals surface area contributed by atoms with E-state index in [0.717, 1.165) is 38.3 Å². The maximum atomic E-state index is 13.3. The molecule has 2 fully saturated rings. The van der Waals surface area contributed by atoms with Crippen molar-refractivity contribution in [2.75, 3.05) is 61.8 Å². The molecule has 9 nitrogen and oxygen atoms in total. The van der Waals surface area contributed by atoms with Crippen LogP contribution in [0.15, 0.2) is 42.5 Å². The van der Waals surface area contributed by atoms with Crippen molar-refractivity contribution in [3.8, 4) is 0 Å². The zero-order chi connectivity index (χ0) is 27.5. The van der Waals surface area contributed by atoms with Gasteiger partial charge in [-0.1, -0.05) is 25.1 Å².